The van der Waals surface area contributed by atoms with E-state index in [1.54, 1.807) is 14.0 Å². The van der Waals surface area contributed by atoms with Crippen LogP contribution in [0.3, 0.4) is 0 Å². The fourth-order valence-electron chi connectivity index (χ4n) is 1.96. The first-order valence-electron chi connectivity index (χ1n) is 7.02. The van der Waals surface area contributed by atoms with Crippen LogP contribution in [0.1, 0.15) is 36.6 Å². The second-order valence-electron chi connectivity index (χ2n) is 5.56. The second-order valence-corrected chi connectivity index (χ2v) is 5.56. The van der Waals surface area contributed by atoms with Gasteiger partial charge in [-0.1, -0.05) is 18.2 Å². The number of carboxylic acid groups (broad SMARTS) is 1. The fourth-order valence-corrected chi connectivity index (χ4v) is 1.96. The van der Waals surface area contributed by atoms with Crippen molar-refractivity contribution in [1.82, 2.24) is 10.2 Å². The number of nitrogens with one attached hydrogen (secondary N) is 1. The summed E-state index contributed by atoms with van der Waals surface area (Å²) in [5, 5.41) is 11.8. The van der Waals surface area contributed by atoms with Crippen LogP contribution in [0.15, 0.2) is 18.2 Å². The highest BCUT2D eigenvalue weighted by atomic mass is 16.4. The molecule has 0 fully saturated rings. The number of carbonyl (C=O) groups excluding carboxylic acids is 1. The van der Waals surface area contributed by atoms with Crippen LogP contribution in [0.25, 0.3) is 0 Å². The lowest BCUT2D eigenvalue weighted by atomic mass is 10.0. The van der Waals surface area contributed by atoms with Crippen LogP contribution in [0, 0.1) is 13.8 Å². The first kappa shape index (κ1) is 17.2. The molecule has 2 unspecified atom stereocenters. The Morgan fingerprint density at radius 2 is 1.86 bits per heavy atom. The minimum atomic E-state index is -0.937. The molecular formula is C16H24N2O3. The van der Waals surface area contributed by atoms with Gasteiger partial charge in [-0.15, -0.1) is 0 Å². The third-order valence-electron chi connectivity index (χ3n) is 3.82. The first-order valence-corrected chi connectivity index (χ1v) is 7.02. The number of hydrogen-bond donors (Lipinski definition) is 2. The number of likely N-dealkylation sites (N-methyl/N-ethyl adjacent to an activating group) is 1. The first-order chi connectivity index (χ1) is 9.72. The molecule has 1 aromatic carbocycles. The number of hydrogen-bond acceptors (Lipinski definition) is 3. The van der Waals surface area contributed by atoms with Gasteiger partial charge in [-0.05, 0) is 51.4 Å². The Labute approximate surface area is 126 Å². The molecule has 5 heteroatoms. The number of aliphatic carboxylic acids is 1. The van der Waals surface area contributed by atoms with E-state index in [0.29, 0.717) is 0 Å². The largest absolute Gasteiger partial charge is 0.480 e. The van der Waals surface area contributed by atoms with E-state index in [1.807, 2.05) is 32.9 Å². The van der Waals surface area contributed by atoms with Gasteiger partial charge in [-0.3, -0.25) is 14.5 Å². The van der Waals surface area contributed by atoms with E-state index in [4.69, 9.17) is 5.11 Å². The summed E-state index contributed by atoms with van der Waals surface area (Å²) < 4.78 is 0. The van der Waals surface area contributed by atoms with Gasteiger partial charge in [-0.25, -0.2) is 0 Å². The van der Waals surface area contributed by atoms with Crippen molar-refractivity contribution >= 4 is 11.9 Å². The fraction of sp³-hybridized carbons (Fsp3) is 0.500. The van der Waals surface area contributed by atoms with Crippen LogP contribution in [-0.4, -0.2) is 41.5 Å². The van der Waals surface area contributed by atoms with E-state index in [2.05, 4.69) is 11.4 Å². The summed E-state index contributed by atoms with van der Waals surface area (Å²) in [4.78, 5) is 24.3. The van der Waals surface area contributed by atoms with Gasteiger partial charge in [0.15, 0.2) is 0 Å². The Hall–Kier alpha value is -1.88. The quantitative estimate of drug-likeness (QED) is 0.840. The van der Waals surface area contributed by atoms with Gasteiger partial charge in [-0.2, -0.15) is 0 Å². The summed E-state index contributed by atoms with van der Waals surface area (Å²) in [5.74, 6) is -1.12. The summed E-state index contributed by atoms with van der Waals surface area (Å²) in [6.07, 6.45) is 0. The Morgan fingerprint density at radius 3 is 2.38 bits per heavy atom. The van der Waals surface area contributed by atoms with Crippen molar-refractivity contribution < 1.29 is 14.7 Å². The van der Waals surface area contributed by atoms with Crippen LogP contribution in [0.4, 0.5) is 0 Å². The maximum Gasteiger partial charge on any atom is 0.320 e. The van der Waals surface area contributed by atoms with Gasteiger partial charge >= 0.3 is 5.97 Å². The van der Waals surface area contributed by atoms with Crippen LogP contribution < -0.4 is 5.32 Å². The van der Waals surface area contributed by atoms with Gasteiger partial charge in [0.25, 0.3) is 0 Å². The van der Waals surface area contributed by atoms with E-state index in [1.165, 1.54) is 16.0 Å². The lowest BCUT2D eigenvalue weighted by Gasteiger charge is -2.22. The molecule has 1 aromatic rings. The number of amides is 1. The highest BCUT2D eigenvalue weighted by Crippen LogP contribution is 2.16. The summed E-state index contributed by atoms with van der Waals surface area (Å²) in [6.45, 7) is 7.62. The van der Waals surface area contributed by atoms with Crippen LogP contribution in [0.2, 0.25) is 0 Å². The summed E-state index contributed by atoms with van der Waals surface area (Å²) in [5.41, 5.74) is 3.44. The Balaban J connectivity index is 2.61. The molecule has 0 bridgehead atoms. The number of rotatable bonds is 6. The van der Waals surface area contributed by atoms with Gasteiger partial charge in [0, 0.05) is 0 Å². The maximum absolute atomic E-state index is 12.0. The molecule has 21 heavy (non-hydrogen) atoms. The average Bonchev–Trinajstić information content (AvgIpc) is 2.40. The molecule has 0 heterocycles. The zero-order valence-electron chi connectivity index (χ0n) is 13.3. The van der Waals surface area contributed by atoms with Crippen molar-refractivity contribution in [2.45, 2.75) is 39.8 Å². The lowest BCUT2D eigenvalue weighted by molar-refractivity contribution is -0.142. The van der Waals surface area contributed by atoms with Crippen LogP contribution >= 0.6 is 0 Å². The minimum absolute atomic E-state index is 0.0582. The summed E-state index contributed by atoms with van der Waals surface area (Å²) >= 11 is 0. The molecule has 0 aliphatic rings. The molecule has 0 radical (unpaired) electrons. The molecule has 0 aliphatic carbocycles. The second kappa shape index (κ2) is 7.22. The van der Waals surface area contributed by atoms with Gasteiger partial charge in [0.05, 0.1) is 12.6 Å². The average molecular weight is 292 g/mol. The predicted octanol–water partition coefficient (Wildman–Crippen LogP) is 1.89. The SMILES string of the molecule is Cc1ccc(C(C)NC(=O)CN(C)C(C)C(=O)O)cc1C. The summed E-state index contributed by atoms with van der Waals surface area (Å²) in [7, 11) is 1.62. The van der Waals surface area contributed by atoms with E-state index in [-0.39, 0.29) is 18.5 Å². The van der Waals surface area contributed by atoms with E-state index in [9.17, 15) is 9.59 Å². The molecule has 0 aliphatic heterocycles. The number of carbonyl (C=O) groups is 2. The Kier molecular flexibility index (Phi) is 5.90. The molecule has 5 nitrogen and oxygen atoms in total. The molecule has 0 saturated heterocycles. The molecule has 2 N–H and O–H groups in total. The standard InChI is InChI=1S/C16H24N2O3/c1-10-6-7-14(8-11(10)2)12(3)17-15(19)9-18(5)13(4)16(20)21/h6-8,12-13H,9H2,1-5H3,(H,17,19)(H,20,21). The smallest absolute Gasteiger partial charge is 0.320 e. The minimum Gasteiger partial charge on any atom is -0.480 e. The van der Waals surface area contributed by atoms with Gasteiger partial charge < -0.3 is 10.4 Å². The highest BCUT2D eigenvalue weighted by molar-refractivity contribution is 5.80. The molecule has 116 valence electrons. The van der Waals surface area contributed by atoms with Crippen molar-refractivity contribution in [2.24, 2.45) is 0 Å². The highest BCUT2D eigenvalue weighted by Gasteiger charge is 2.20. The Morgan fingerprint density at radius 1 is 1.24 bits per heavy atom. The normalized spacial score (nSPS) is 13.8. The topological polar surface area (TPSA) is 69.6 Å². The molecule has 0 aromatic heterocycles. The molecule has 2 atom stereocenters. The van der Waals surface area contributed by atoms with Crippen molar-refractivity contribution in [3.8, 4) is 0 Å². The third-order valence-corrected chi connectivity index (χ3v) is 3.82. The van der Waals surface area contributed by atoms with Crippen molar-refractivity contribution in [1.29, 1.82) is 0 Å². The molecule has 1 amide bonds. The Bertz CT molecular complexity index is 528. The van der Waals surface area contributed by atoms with E-state index < -0.39 is 12.0 Å². The monoisotopic (exact) mass is 292 g/mol. The molecule has 1 rings (SSSR count). The van der Waals surface area contributed by atoms with Crippen LogP contribution in [-0.2, 0) is 9.59 Å². The third kappa shape index (κ3) is 4.86. The number of carboxylic acids is 1. The van der Waals surface area contributed by atoms with Crippen LogP contribution in [0.5, 0.6) is 0 Å². The number of nitrogens with zero attached hydrogens (tertiary/aromatic N) is 1. The van der Waals surface area contributed by atoms with E-state index in [0.717, 1.165) is 5.56 Å². The zero-order chi connectivity index (χ0) is 16.2. The van der Waals surface area contributed by atoms with Crippen molar-refractivity contribution in [3.63, 3.8) is 0 Å². The lowest BCUT2D eigenvalue weighted by Crippen LogP contribution is -2.43. The number of benzene rings is 1. The predicted molar refractivity (Wildman–Crippen MR) is 82.2 cm³/mol. The molecular weight excluding hydrogens is 268 g/mol. The van der Waals surface area contributed by atoms with Gasteiger partial charge in [0.1, 0.15) is 6.04 Å². The maximum atomic E-state index is 12.0. The van der Waals surface area contributed by atoms with Crippen molar-refractivity contribution in [2.75, 3.05) is 13.6 Å². The number of aryl methyl sites for hydroxylation is 2. The summed E-state index contributed by atoms with van der Waals surface area (Å²) in [6, 6.07) is 5.30. The molecule has 0 spiro atoms. The van der Waals surface area contributed by atoms with E-state index >= 15 is 0 Å². The van der Waals surface area contributed by atoms with Gasteiger partial charge in [0.2, 0.25) is 5.91 Å². The zero-order valence-corrected chi connectivity index (χ0v) is 13.3. The van der Waals surface area contributed by atoms with Crippen molar-refractivity contribution in [3.05, 3.63) is 34.9 Å². The molecule has 0 saturated carbocycles.